The number of nitrogens with zero attached hydrogens (tertiary/aromatic N) is 2. The second kappa shape index (κ2) is 5.70. The van der Waals surface area contributed by atoms with E-state index >= 15 is 0 Å². The zero-order chi connectivity index (χ0) is 14.7. The number of benzene rings is 1. The molecule has 0 aliphatic carbocycles. The van der Waals surface area contributed by atoms with Crippen LogP contribution in [0.2, 0.25) is 0 Å². The summed E-state index contributed by atoms with van der Waals surface area (Å²) in [6, 6.07) is 6.05. The molecule has 7 heteroatoms. The Morgan fingerprint density at radius 3 is 2.70 bits per heavy atom. The molecule has 0 bridgehead atoms. The van der Waals surface area contributed by atoms with Crippen LogP contribution in [0.4, 0.5) is 10.5 Å². The highest BCUT2D eigenvalue weighted by atomic mass is 32.2. The van der Waals surface area contributed by atoms with E-state index in [-0.39, 0.29) is 17.1 Å². The van der Waals surface area contributed by atoms with E-state index in [0.717, 1.165) is 16.7 Å². The van der Waals surface area contributed by atoms with Crippen LogP contribution in [0, 0.1) is 10.1 Å². The van der Waals surface area contributed by atoms with Crippen molar-refractivity contribution in [3.05, 3.63) is 57.5 Å². The van der Waals surface area contributed by atoms with Crippen molar-refractivity contribution in [3.63, 3.8) is 0 Å². The summed E-state index contributed by atoms with van der Waals surface area (Å²) in [4.78, 5) is 35.2. The van der Waals surface area contributed by atoms with Gasteiger partial charge < -0.3 is 0 Å². The second-order valence-electron chi connectivity index (χ2n) is 3.90. The molecule has 0 atom stereocenters. The Morgan fingerprint density at radius 1 is 1.35 bits per heavy atom. The molecule has 20 heavy (non-hydrogen) atoms. The molecule has 0 N–H and O–H groups in total. The minimum atomic E-state index is -0.528. The molecule has 1 aliphatic heterocycles. The molecular formula is C13H10N2O4S. The first-order valence-corrected chi connectivity index (χ1v) is 6.46. The summed E-state index contributed by atoms with van der Waals surface area (Å²) >= 11 is 0.765. The number of nitro benzene ring substituents is 1. The number of imide groups is 1. The standard InChI is InChI=1S/C13H10N2O4S/c1-2-7-14-12(16)11(20-13(14)17)8-9-5-3-4-6-10(9)15(18)19/h2-6,8H,1,7H2/b11-8+. The largest absolute Gasteiger partial charge is 0.293 e. The predicted molar refractivity (Wildman–Crippen MR) is 76.0 cm³/mol. The van der Waals surface area contributed by atoms with Crippen molar-refractivity contribution in [3.8, 4) is 0 Å². The molecule has 2 amide bonds. The number of carbonyl (C=O) groups excluding carboxylic acids is 2. The van der Waals surface area contributed by atoms with Gasteiger partial charge in [-0.1, -0.05) is 18.2 Å². The van der Waals surface area contributed by atoms with Gasteiger partial charge in [-0.25, -0.2) is 0 Å². The number of thioether (sulfide) groups is 1. The lowest BCUT2D eigenvalue weighted by molar-refractivity contribution is -0.385. The molecule has 102 valence electrons. The molecular weight excluding hydrogens is 280 g/mol. The van der Waals surface area contributed by atoms with Crippen LogP contribution >= 0.6 is 11.8 Å². The lowest BCUT2D eigenvalue weighted by Gasteiger charge is -2.07. The molecule has 1 aromatic carbocycles. The van der Waals surface area contributed by atoms with Crippen LogP contribution < -0.4 is 0 Å². The molecule has 6 nitrogen and oxygen atoms in total. The quantitative estimate of drug-likeness (QED) is 0.368. The van der Waals surface area contributed by atoms with Gasteiger partial charge in [0.15, 0.2) is 0 Å². The highest BCUT2D eigenvalue weighted by molar-refractivity contribution is 8.18. The fourth-order valence-electron chi connectivity index (χ4n) is 1.70. The van der Waals surface area contributed by atoms with Gasteiger partial charge in [0.05, 0.1) is 15.4 Å². The number of hydrogen-bond acceptors (Lipinski definition) is 5. The third-order valence-electron chi connectivity index (χ3n) is 2.61. The molecule has 1 saturated heterocycles. The number of para-hydroxylation sites is 1. The van der Waals surface area contributed by atoms with Crippen molar-refractivity contribution >= 4 is 34.7 Å². The average Bonchev–Trinajstić information content (AvgIpc) is 2.67. The third-order valence-corrected chi connectivity index (χ3v) is 3.51. The minimum absolute atomic E-state index is 0.108. The van der Waals surface area contributed by atoms with Gasteiger partial charge >= 0.3 is 0 Å². The zero-order valence-electron chi connectivity index (χ0n) is 10.3. The van der Waals surface area contributed by atoms with Crippen LogP contribution in [0.25, 0.3) is 6.08 Å². The smallest absolute Gasteiger partial charge is 0.268 e. The minimum Gasteiger partial charge on any atom is -0.268 e. The third kappa shape index (κ3) is 2.62. The summed E-state index contributed by atoms with van der Waals surface area (Å²) in [5.41, 5.74) is 0.185. The summed E-state index contributed by atoms with van der Waals surface area (Å²) in [5, 5.41) is 10.5. The molecule has 1 aromatic rings. The number of amides is 2. The lowest BCUT2D eigenvalue weighted by atomic mass is 10.1. The molecule has 1 fully saturated rings. The van der Waals surface area contributed by atoms with Crippen LogP contribution in [0.15, 0.2) is 41.8 Å². The van der Waals surface area contributed by atoms with E-state index in [1.807, 2.05) is 0 Å². The first kappa shape index (κ1) is 14.0. The Morgan fingerprint density at radius 2 is 2.05 bits per heavy atom. The van der Waals surface area contributed by atoms with Crippen molar-refractivity contribution in [2.75, 3.05) is 6.54 Å². The lowest BCUT2D eigenvalue weighted by Crippen LogP contribution is -2.27. The Bertz CT molecular complexity index is 639. The van der Waals surface area contributed by atoms with Gasteiger partial charge in [-0.3, -0.25) is 24.6 Å². The SMILES string of the molecule is C=CCN1C(=O)S/C(=C/c2ccccc2[N+](=O)[O-])C1=O. The number of carbonyl (C=O) groups is 2. The maximum Gasteiger partial charge on any atom is 0.293 e. The van der Waals surface area contributed by atoms with E-state index in [9.17, 15) is 19.7 Å². The van der Waals surface area contributed by atoms with Crippen molar-refractivity contribution in [2.45, 2.75) is 0 Å². The van der Waals surface area contributed by atoms with Crippen LogP contribution in [0.3, 0.4) is 0 Å². The Balaban J connectivity index is 2.38. The van der Waals surface area contributed by atoms with Gasteiger partial charge in [0.2, 0.25) is 0 Å². The predicted octanol–water partition coefficient (Wildman–Crippen LogP) is 2.82. The fraction of sp³-hybridized carbons (Fsp3) is 0.0769. The number of rotatable bonds is 4. The highest BCUT2D eigenvalue weighted by Gasteiger charge is 2.34. The van der Waals surface area contributed by atoms with Gasteiger partial charge in [-0.2, -0.15) is 0 Å². The Hall–Kier alpha value is -2.41. The van der Waals surface area contributed by atoms with Crippen molar-refractivity contribution in [1.82, 2.24) is 4.90 Å². The summed E-state index contributed by atoms with van der Waals surface area (Å²) in [5.74, 6) is -0.460. The van der Waals surface area contributed by atoms with Crippen molar-refractivity contribution in [2.24, 2.45) is 0 Å². The number of hydrogen-bond donors (Lipinski definition) is 0. The average molecular weight is 290 g/mol. The molecule has 0 radical (unpaired) electrons. The molecule has 0 unspecified atom stereocenters. The summed E-state index contributed by atoms with van der Waals surface area (Å²) in [7, 11) is 0. The van der Waals surface area contributed by atoms with Gasteiger partial charge in [0.1, 0.15) is 0 Å². The Kier molecular flexibility index (Phi) is 3.99. The summed E-state index contributed by atoms with van der Waals surface area (Å²) < 4.78 is 0. The monoisotopic (exact) mass is 290 g/mol. The van der Waals surface area contributed by atoms with Crippen molar-refractivity contribution in [1.29, 1.82) is 0 Å². The normalized spacial score (nSPS) is 16.8. The molecule has 1 aliphatic rings. The van der Waals surface area contributed by atoms with Crippen LogP contribution in [0.5, 0.6) is 0 Å². The van der Waals surface area contributed by atoms with E-state index in [1.165, 1.54) is 24.3 Å². The van der Waals surface area contributed by atoms with Gasteiger partial charge in [-0.05, 0) is 23.9 Å². The zero-order valence-corrected chi connectivity index (χ0v) is 11.1. The molecule has 1 heterocycles. The molecule has 0 spiro atoms. The fourth-order valence-corrected chi connectivity index (χ4v) is 2.54. The van der Waals surface area contributed by atoms with Gasteiger partial charge in [0.25, 0.3) is 16.8 Å². The summed E-state index contributed by atoms with van der Waals surface area (Å²) in [6.07, 6.45) is 2.82. The topological polar surface area (TPSA) is 80.5 Å². The first-order valence-electron chi connectivity index (χ1n) is 5.64. The van der Waals surface area contributed by atoms with E-state index in [2.05, 4.69) is 6.58 Å². The van der Waals surface area contributed by atoms with Crippen molar-refractivity contribution < 1.29 is 14.5 Å². The molecule has 2 rings (SSSR count). The van der Waals surface area contributed by atoms with Crippen LogP contribution in [0.1, 0.15) is 5.56 Å². The first-order chi connectivity index (χ1) is 9.54. The number of nitro groups is 1. The molecule has 0 aromatic heterocycles. The van der Waals surface area contributed by atoms with Gasteiger partial charge in [-0.15, -0.1) is 6.58 Å². The second-order valence-corrected chi connectivity index (χ2v) is 4.89. The maximum absolute atomic E-state index is 12.0. The van der Waals surface area contributed by atoms with Gasteiger partial charge in [0, 0.05) is 12.6 Å². The van der Waals surface area contributed by atoms with E-state index < -0.39 is 16.1 Å². The Labute approximate surface area is 118 Å². The van der Waals surface area contributed by atoms with E-state index in [4.69, 9.17) is 0 Å². The molecule has 0 saturated carbocycles. The van der Waals surface area contributed by atoms with E-state index in [0.29, 0.717) is 5.56 Å². The summed E-state index contributed by atoms with van der Waals surface area (Å²) in [6.45, 7) is 3.60. The van der Waals surface area contributed by atoms with Crippen LogP contribution in [-0.2, 0) is 4.79 Å². The van der Waals surface area contributed by atoms with E-state index in [1.54, 1.807) is 12.1 Å². The van der Waals surface area contributed by atoms with Crippen LogP contribution in [-0.4, -0.2) is 27.5 Å². The maximum atomic E-state index is 12.0. The highest BCUT2D eigenvalue weighted by Crippen LogP contribution is 2.33.